The molecule has 1 aromatic rings. The molecule has 0 aliphatic carbocycles. The van der Waals surface area contributed by atoms with Gasteiger partial charge in [-0.2, -0.15) is 0 Å². The van der Waals surface area contributed by atoms with E-state index in [1.807, 2.05) is 0 Å². The topological polar surface area (TPSA) is 138 Å². The molecular formula is C8H10N4O4. The molecule has 4 N–H and O–H groups in total. The van der Waals surface area contributed by atoms with E-state index in [9.17, 15) is 20.2 Å². The lowest BCUT2D eigenvalue weighted by molar-refractivity contribution is -0.394. The zero-order chi connectivity index (χ0) is 12.3. The summed E-state index contributed by atoms with van der Waals surface area (Å²) in [6, 6.07) is 2.59. The minimum atomic E-state index is -0.710. The Morgan fingerprint density at radius 1 is 1.25 bits per heavy atom. The average molecular weight is 226 g/mol. The van der Waals surface area contributed by atoms with Gasteiger partial charge >= 0.3 is 0 Å². The van der Waals surface area contributed by atoms with Crippen molar-refractivity contribution in [2.75, 3.05) is 6.54 Å². The minimum Gasteiger partial charge on any atom is -0.329 e. The van der Waals surface area contributed by atoms with E-state index in [4.69, 9.17) is 11.5 Å². The van der Waals surface area contributed by atoms with Crippen molar-refractivity contribution in [1.29, 1.82) is 0 Å². The van der Waals surface area contributed by atoms with Crippen LogP contribution >= 0.6 is 0 Å². The third-order valence-corrected chi connectivity index (χ3v) is 2.07. The number of nitrogens with two attached hydrogens (primary N) is 2. The molecule has 0 aliphatic heterocycles. The Morgan fingerprint density at radius 3 is 2.31 bits per heavy atom. The second-order valence-electron chi connectivity index (χ2n) is 3.10. The fourth-order valence-electron chi connectivity index (χ4n) is 1.24. The number of benzene rings is 1. The van der Waals surface area contributed by atoms with Crippen LogP contribution in [0.2, 0.25) is 0 Å². The summed E-state index contributed by atoms with van der Waals surface area (Å²) in [7, 11) is 0. The van der Waals surface area contributed by atoms with Crippen LogP contribution < -0.4 is 11.5 Å². The van der Waals surface area contributed by atoms with E-state index >= 15 is 0 Å². The Balaban J connectivity index is 3.30. The molecule has 0 fully saturated rings. The van der Waals surface area contributed by atoms with Crippen LogP contribution in [0, 0.1) is 20.2 Å². The van der Waals surface area contributed by atoms with Crippen LogP contribution in [0.25, 0.3) is 0 Å². The van der Waals surface area contributed by atoms with Gasteiger partial charge in [0.05, 0.1) is 15.9 Å². The van der Waals surface area contributed by atoms with Crippen molar-refractivity contribution >= 4 is 11.4 Å². The molecule has 0 bridgehead atoms. The predicted molar refractivity (Wildman–Crippen MR) is 55.7 cm³/mol. The van der Waals surface area contributed by atoms with Crippen molar-refractivity contribution in [2.24, 2.45) is 11.5 Å². The van der Waals surface area contributed by atoms with Gasteiger partial charge in [-0.1, -0.05) is 0 Å². The van der Waals surface area contributed by atoms with Gasteiger partial charge in [-0.05, 0) is 6.07 Å². The first-order chi connectivity index (χ1) is 7.47. The van der Waals surface area contributed by atoms with Gasteiger partial charge in [0, 0.05) is 24.2 Å². The smallest absolute Gasteiger partial charge is 0.281 e. The fraction of sp³-hybridized carbons (Fsp3) is 0.250. The Morgan fingerprint density at radius 2 is 1.88 bits per heavy atom. The molecule has 0 spiro atoms. The molecular weight excluding hydrogens is 216 g/mol. The van der Waals surface area contributed by atoms with Gasteiger partial charge in [-0.3, -0.25) is 20.2 Å². The monoisotopic (exact) mass is 226 g/mol. The highest BCUT2D eigenvalue weighted by Crippen LogP contribution is 2.27. The molecule has 8 nitrogen and oxygen atoms in total. The lowest BCUT2D eigenvalue weighted by Crippen LogP contribution is -2.21. The summed E-state index contributed by atoms with van der Waals surface area (Å²) in [6.07, 6.45) is 0. The van der Waals surface area contributed by atoms with Crippen LogP contribution in [0.4, 0.5) is 11.4 Å². The summed E-state index contributed by atoms with van der Waals surface area (Å²) in [5.41, 5.74) is 10.3. The molecule has 0 amide bonds. The molecule has 0 radical (unpaired) electrons. The number of hydrogen-bond donors (Lipinski definition) is 2. The number of nitro groups is 2. The van der Waals surface area contributed by atoms with E-state index in [0.29, 0.717) is 0 Å². The molecule has 0 aromatic heterocycles. The van der Waals surface area contributed by atoms with E-state index < -0.39 is 15.9 Å². The van der Waals surface area contributed by atoms with Crippen molar-refractivity contribution in [2.45, 2.75) is 6.04 Å². The van der Waals surface area contributed by atoms with Crippen LogP contribution in [0.1, 0.15) is 11.6 Å². The zero-order valence-corrected chi connectivity index (χ0v) is 8.20. The van der Waals surface area contributed by atoms with E-state index in [0.717, 1.165) is 12.1 Å². The first-order valence-electron chi connectivity index (χ1n) is 4.35. The fourth-order valence-corrected chi connectivity index (χ4v) is 1.24. The highest BCUT2D eigenvalue weighted by atomic mass is 16.6. The standard InChI is InChI=1S/C8H10N4O4/c9-4-7(10)6-2-1-5(11(13)14)3-8(6)12(15)16/h1-3,7H,4,9-10H2/t7-/m1/s1. The van der Waals surface area contributed by atoms with Crippen LogP contribution in [0.15, 0.2) is 18.2 Å². The maximum atomic E-state index is 10.7. The Labute approximate surface area is 90.1 Å². The molecule has 0 saturated heterocycles. The average Bonchev–Trinajstić information content (AvgIpc) is 2.26. The van der Waals surface area contributed by atoms with Gasteiger partial charge in [0.1, 0.15) is 0 Å². The lowest BCUT2D eigenvalue weighted by Gasteiger charge is -2.08. The van der Waals surface area contributed by atoms with Gasteiger partial charge in [0.25, 0.3) is 11.4 Å². The summed E-state index contributed by atoms with van der Waals surface area (Å²) in [4.78, 5) is 19.7. The second kappa shape index (κ2) is 4.64. The maximum absolute atomic E-state index is 10.7. The number of nitro benzene ring substituents is 2. The van der Waals surface area contributed by atoms with Crippen LogP contribution in [-0.2, 0) is 0 Å². The molecule has 86 valence electrons. The summed E-state index contributed by atoms with van der Waals surface area (Å²) >= 11 is 0. The quantitative estimate of drug-likeness (QED) is 0.564. The summed E-state index contributed by atoms with van der Waals surface area (Å²) in [5, 5.41) is 21.2. The highest BCUT2D eigenvalue weighted by molar-refractivity contribution is 5.50. The minimum absolute atomic E-state index is 0.0264. The second-order valence-corrected chi connectivity index (χ2v) is 3.10. The first-order valence-corrected chi connectivity index (χ1v) is 4.35. The Bertz CT molecular complexity index is 434. The van der Waals surface area contributed by atoms with Gasteiger partial charge < -0.3 is 11.5 Å². The molecule has 1 atom stereocenters. The molecule has 0 saturated carbocycles. The summed E-state index contributed by atoms with van der Waals surface area (Å²) in [6.45, 7) is 0.0264. The van der Waals surface area contributed by atoms with Gasteiger partial charge in [-0.25, -0.2) is 0 Å². The molecule has 0 heterocycles. The number of hydrogen-bond acceptors (Lipinski definition) is 6. The SMILES string of the molecule is NC[C@@H](N)c1ccc([N+](=O)[O-])cc1[N+](=O)[O-]. The summed E-state index contributed by atoms with van der Waals surface area (Å²) < 4.78 is 0. The van der Waals surface area contributed by atoms with Crippen molar-refractivity contribution in [3.8, 4) is 0 Å². The molecule has 1 aromatic carbocycles. The van der Waals surface area contributed by atoms with E-state index in [2.05, 4.69) is 0 Å². The van der Waals surface area contributed by atoms with Crippen LogP contribution in [-0.4, -0.2) is 16.4 Å². The maximum Gasteiger partial charge on any atom is 0.281 e. The Hall–Kier alpha value is -2.06. The number of rotatable bonds is 4. The lowest BCUT2D eigenvalue weighted by atomic mass is 10.1. The van der Waals surface area contributed by atoms with Crippen molar-refractivity contribution < 1.29 is 9.85 Å². The van der Waals surface area contributed by atoms with E-state index in [1.54, 1.807) is 0 Å². The largest absolute Gasteiger partial charge is 0.329 e. The zero-order valence-electron chi connectivity index (χ0n) is 8.20. The number of nitrogens with zero attached hydrogens (tertiary/aromatic N) is 2. The third kappa shape index (κ3) is 2.30. The first kappa shape index (κ1) is 12.0. The predicted octanol–water partition coefficient (Wildman–Crippen LogP) is 0.462. The molecule has 0 aliphatic rings. The van der Waals surface area contributed by atoms with Crippen molar-refractivity contribution in [3.05, 3.63) is 44.0 Å². The van der Waals surface area contributed by atoms with Gasteiger partial charge in [0.2, 0.25) is 0 Å². The molecule has 0 unspecified atom stereocenters. The normalized spacial score (nSPS) is 12.1. The van der Waals surface area contributed by atoms with Crippen molar-refractivity contribution in [3.63, 3.8) is 0 Å². The number of non-ortho nitro benzene ring substituents is 1. The van der Waals surface area contributed by atoms with Crippen LogP contribution in [0.3, 0.4) is 0 Å². The molecule has 1 rings (SSSR count). The molecule has 8 heteroatoms. The van der Waals surface area contributed by atoms with Gasteiger partial charge in [-0.15, -0.1) is 0 Å². The molecule has 16 heavy (non-hydrogen) atoms. The Kier molecular flexibility index (Phi) is 3.48. The van der Waals surface area contributed by atoms with Gasteiger partial charge in [0.15, 0.2) is 0 Å². The highest BCUT2D eigenvalue weighted by Gasteiger charge is 2.22. The summed E-state index contributed by atoms with van der Waals surface area (Å²) in [5.74, 6) is 0. The van der Waals surface area contributed by atoms with E-state index in [1.165, 1.54) is 6.07 Å². The van der Waals surface area contributed by atoms with E-state index in [-0.39, 0.29) is 23.5 Å². The van der Waals surface area contributed by atoms with Crippen molar-refractivity contribution in [1.82, 2.24) is 0 Å². The van der Waals surface area contributed by atoms with Crippen LogP contribution in [0.5, 0.6) is 0 Å². The third-order valence-electron chi connectivity index (χ3n) is 2.07.